The molecular formula is C8H17IO. The Morgan fingerprint density at radius 2 is 2.00 bits per heavy atom. The summed E-state index contributed by atoms with van der Waals surface area (Å²) in [6.07, 6.45) is 4.54. The van der Waals surface area contributed by atoms with Gasteiger partial charge in [-0.25, -0.2) is 0 Å². The zero-order valence-corrected chi connectivity index (χ0v) is 8.97. The zero-order chi connectivity index (χ0) is 7.98. The van der Waals surface area contributed by atoms with E-state index in [1.807, 2.05) is 0 Å². The molecule has 2 unspecified atom stereocenters. The summed E-state index contributed by atoms with van der Waals surface area (Å²) >= 11 is 2.27. The molecule has 0 spiro atoms. The highest BCUT2D eigenvalue weighted by atomic mass is 127. The van der Waals surface area contributed by atoms with Crippen molar-refractivity contribution in [3.8, 4) is 0 Å². The van der Waals surface area contributed by atoms with Gasteiger partial charge in [-0.2, -0.15) is 0 Å². The molecule has 1 N–H and O–H groups in total. The highest BCUT2D eigenvalue weighted by Gasteiger charge is 2.08. The van der Waals surface area contributed by atoms with Gasteiger partial charge < -0.3 is 5.11 Å². The molecule has 0 fully saturated rings. The van der Waals surface area contributed by atoms with E-state index in [1.54, 1.807) is 0 Å². The fraction of sp³-hybridized carbons (Fsp3) is 1.00. The topological polar surface area (TPSA) is 20.2 Å². The van der Waals surface area contributed by atoms with Gasteiger partial charge in [-0.15, -0.1) is 0 Å². The van der Waals surface area contributed by atoms with Crippen LogP contribution in [-0.2, 0) is 0 Å². The van der Waals surface area contributed by atoms with Gasteiger partial charge in [0.05, 0.1) is 6.10 Å². The molecule has 0 aliphatic rings. The van der Waals surface area contributed by atoms with Crippen LogP contribution in [0.25, 0.3) is 0 Å². The van der Waals surface area contributed by atoms with Gasteiger partial charge in [-0.05, 0) is 6.42 Å². The van der Waals surface area contributed by atoms with E-state index in [9.17, 15) is 5.11 Å². The third-order valence-corrected chi connectivity index (χ3v) is 2.46. The average molecular weight is 256 g/mol. The quantitative estimate of drug-likeness (QED) is 0.455. The van der Waals surface area contributed by atoms with Crippen LogP contribution < -0.4 is 0 Å². The average Bonchev–Trinajstić information content (AvgIpc) is 1.88. The molecule has 0 saturated carbocycles. The third-order valence-electron chi connectivity index (χ3n) is 1.63. The van der Waals surface area contributed by atoms with Crippen molar-refractivity contribution in [2.45, 2.75) is 49.6 Å². The minimum Gasteiger partial charge on any atom is -0.392 e. The molecule has 10 heavy (non-hydrogen) atoms. The Balaban J connectivity index is 3.13. The largest absolute Gasteiger partial charge is 0.392 e. The molecule has 0 aromatic heterocycles. The van der Waals surface area contributed by atoms with E-state index in [2.05, 4.69) is 36.4 Å². The van der Waals surface area contributed by atoms with E-state index >= 15 is 0 Å². The molecular weight excluding hydrogens is 239 g/mol. The van der Waals surface area contributed by atoms with E-state index in [0.717, 1.165) is 6.42 Å². The van der Waals surface area contributed by atoms with Crippen molar-refractivity contribution in [3.63, 3.8) is 0 Å². The number of rotatable bonds is 5. The summed E-state index contributed by atoms with van der Waals surface area (Å²) in [6.45, 7) is 4.23. The highest BCUT2D eigenvalue weighted by molar-refractivity contribution is 14.1. The molecule has 0 amide bonds. The SMILES string of the molecule is CCCCCC(O)C(C)I. The van der Waals surface area contributed by atoms with Gasteiger partial charge in [0.25, 0.3) is 0 Å². The number of alkyl halides is 1. The van der Waals surface area contributed by atoms with Crippen LogP contribution in [0.15, 0.2) is 0 Å². The third kappa shape index (κ3) is 5.47. The number of unbranched alkanes of at least 4 members (excludes halogenated alkanes) is 2. The molecule has 0 aromatic carbocycles. The van der Waals surface area contributed by atoms with Gasteiger partial charge in [0.2, 0.25) is 0 Å². The summed E-state index contributed by atoms with van der Waals surface area (Å²) in [6, 6.07) is 0. The molecule has 1 nitrogen and oxygen atoms in total. The van der Waals surface area contributed by atoms with Crippen LogP contribution in [0.1, 0.15) is 39.5 Å². The second-order valence-electron chi connectivity index (χ2n) is 2.74. The van der Waals surface area contributed by atoms with Crippen LogP contribution in [0.2, 0.25) is 0 Å². The first-order valence-corrected chi connectivity index (χ1v) is 5.25. The first-order chi connectivity index (χ1) is 4.68. The van der Waals surface area contributed by atoms with Gasteiger partial charge in [0, 0.05) is 3.92 Å². The first kappa shape index (κ1) is 10.7. The van der Waals surface area contributed by atoms with E-state index in [-0.39, 0.29) is 6.10 Å². The van der Waals surface area contributed by atoms with Crippen molar-refractivity contribution in [1.82, 2.24) is 0 Å². The lowest BCUT2D eigenvalue weighted by Gasteiger charge is -2.11. The molecule has 0 rings (SSSR count). The minimum atomic E-state index is -0.0906. The molecule has 2 atom stereocenters. The maximum absolute atomic E-state index is 9.35. The fourth-order valence-electron chi connectivity index (χ4n) is 0.833. The molecule has 0 bridgehead atoms. The molecule has 62 valence electrons. The molecule has 0 saturated heterocycles. The van der Waals surface area contributed by atoms with Gasteiger partial charge in [0.15, 0.2) is 0 Å². The van der Waals surface area contributed by atoms with Crippen molar-refractivity contribution in [3.05, 3.63) is 0 Å². The lowest BCUT2D eigenvalue weighted by atomic mass is 10.1. The van der Waals surface area contributed by atoms with Crippen LogP contribution in [0.5, 0.6) is 0 Å². The normalized spacial score (nSPS) is 16.8. The van der Waals surface area contributed by atoms with Crippen LogP contribution in [0, 0.1) is 0 Å². The molecule has 0 aromatic rings. The van der Waals surface area contributed by atoms with Crippen LogP contribution in [0.3, 0.4) is 0 Å². The zero-order valence-electron chi connectivity index (χ0n) is 6.81. The van der Waals surface area contributed by atoms with Gasteiger partial charge in [0.1, 0.15) is 0 Å². The number of aliphatic hydroxyl groups is 1. The van der Waals surface area contributed by atoms with Crippen molar-refractivity contribution in [2.75, 3.05) is 0 Å². The van der Waals surface area contributed by atoms with Crippen LogP contribution >= 0.6 is 22.6 Å². The minimum absolute atomic E-state index is 0.0906. The Bertz CT molecular complexity index is 73.7. The Morgan fingerprint density at radius 1 is 1.40 bits per heavy atom. The number of hydrogen-bond acceptors (Lipinski definition) is 1. The summed E-state index contributed by atoms with van der Waals surface area (Å²) in [5.41, 5.74) is 0. The van der Waals surface area contributed by atoms with E-state index < -0.39 is 0 Å². The van der Waals surface area contributed by atoms with Crippen molar-refractivity contribution < 1.29 is 5.11 Å². The Kier molecular flexibility index (Phi) is 6.85. The highest BCUT2D eigenvalue weighted by Crippen LogP contribution is 2.12. The summed E-state index contributed by atoms with van der Waals surface area (Å²) in [5, 5.41) is 9.35. The smallest absolute Gasteiger partial charge is 0.0655 e. The predicted molar refractivity (Wildman–Crippen MR) is 53.6 cm³/mol. The van der Waals surface area contributed by atoms with Crippen LogP contribution in [0.4, 0.5) is 0 Å². The second kappa shape index (κ2) is 6.40. The number of aliphatic hydroxyl groups excluding tert-OH is 1. The Labute approximate surface area is 77.3 Å². The van der Waals surface area contributed by atoms with E-state index in [1.165, 1.54) is 19.3 Å². The first-order valence-electron chi connectivity index (χ1n) is 4.00. The molecule has 2 heteroatoms. The summed E-state index contributed by atoms with van der Waals surface area (Å²) in [4.78, 5) is 0. The summed E-state index contributed by atoms with van der Waals surface area (Å²) in [7, 11) is 0. The maximum Gasteiger partial charge on any atom is 0.0655 e. The standard InChI is InChI=1S/C8H17IO/c1-3-4-5-6-8(10)7(2)9/h7-8,10H,3-6H2,1-2H3. The lowest BCUT2D eigenvalue weighted by Crippen LogP contribution is -2.16. The van der Waals surface area contributed by atoms with Gasteiger partial charge in [-0.1, -0.05) is 55.7 Å². The van der Waals surface area contributed by atoms with E-state index in [0.29, 0.717) is 3.92 Å². The summed E-state index contributed by atoms with van der Waals surface area (Å²) < 4.78 is 0.398. The second-order valence-corrected chi connectivity index (χ2v) is 4.71. The Morgan fingerprint density at radius 3 is 2.40 bits per heavy atom. The van der Waals surface area contributed by atoms with Crippen molar-refractivity contribution in [1.29, 1.82) is 0 Å². The molecule has 0 aliphatic carbocycles. The Hall–Kier alpha value is 0.690. The van der Waals surface area contributed by atoms with E-state index in [4.69, 9.17) is 0 Å². The fourth-order valence-corrected chi connectivity index (χ4v) is 1.19. The lowest BCUT2D eigenvalue weighted by molar-refractivity contribution is 0.166. The number of halogens is 1. The maximum atomic E-state index is 9.35. The summed E-state index contributed by atoms with van der Waals surface area (Å²) in [5.74, 6) is 0. The molecule has 0 radical (unpaired) electrons. The van der Waals surface area contributed by atoms with Gasteiger partial charge in [-0.3, -0.25) is 0 Å². The van der Waals surface area contributed by atoms with Crippen LogP contribution in [-0.4, -0.2) is 15.1 Å². The predicted octanol–water partition coefficient (Wildman–Crippen LogP) is 2.75. The number of hydrogen-bond donors (Lipinski definition) is 1. The monoisotopic (exact) mass is 256 g/mol. The van der Waals surface area contributed by atoms with Gasteiger partial charge >= 0.3 is 0 Å². The van der Waals surface area contributed by atoms with Crippen molar-refractivity contribution in [2.24, 2.45) is 0 Å². The molecule has 0 heterocycles. The molecule has 0 aliphatic heterocycles. The van der Waals surface area contributed by atoms with Crippen molar-refractivity contribution >= 4 is 22.6 Å².